The summed E-state index contributed by atoms with van der Waals surface area (Å²) < 4.78 is 10.3. The topological polar surface area (TPSA) is 90.6 Å². The minimum atomic E-state index is -0.958. The lowest BCUT2D eigenvalue weighted by Crippen LogP contribution is -2.47. The van der Waals surface area contributed by atoms with Gasteiger partial charge in [-0.3, -0.25) is 0 Å². The van der Waals surface area contributed by atoms with Gasteiger partial charge in [0.25, 0.3) is 0 Å². The van der Waals surface area contributed by atoms with Crippen molar-refractivity contribution >= 4 is 12.1 Å². The fourth-order valence-corrected chi connectivity index (χ4v) is 3.24. The zero-order chi connectivity index (χ0) is 19.2. The minimum absolute atomic E-state index is 0.0489. The first-order valence-corrected chi connectivity index (χ1v) is 8.74. The van der Waals surface area contributed by atoms with E-state index in [2.05, 4.69) is 24.0 Å². The lowest BCUT2D eigenvalue weighted by atomic mass is 9.98. The maximum atomic E-state index is 12.2. The van der Waals surface area contributed by atoms with Crippen molar-refractivity contribution < 1.29 is 19.1 Å². The van der Waals surface area contributed by atoms with Crippen LogP contribution in [0, 0.1) is 0 Å². The van der Waals surface area contributed by atoms with Crippen molar-refractivity contribution in [1.29, 1.82) is 0 Å². The van der Waals surface area contributed by atoms with E-state index in [1.807, 2.05) is 36.4 Å². The minimum Gasteiger partial charge on any atom is -0.460 e. The highest BCUT2D eigenvalue weighted by Gasteiger charge is 2.29. The maximum Gasteiger partial charge on any atom is 0.407 e. The summed E-state index contributed by atoms with van der Waals surface area (Å²) in [6.07, 6.45) is 0.738. The van der Waals surface area contributed by atoms with Gasteiger partial charge in [-0.1, -0.05) is 61.2 Å². The van der Waals surface area contributed by atoms with E-state index in [-0.39, 0.29) is 25.7 Å². The van der Waals surface area contributed by atoms with Gasteiger partial charge >= 0.3 is 12.1 Å². The van der Waals surface area contributed by atoms with E-state index in [0.29, 0.717) is 0 Å². The smallest absolute Gasteiger partial charge is 0.407 e. The van der Waals surface area contributed by atoms with Gasteiger partial charge in [0.2, 0.25) is 0 Å². The van der Waals surface area contributed by atoms with E-state index in [4.69, 9.17) is 15.2 Å². The molecule has 0 aliphatic heterocycles. The number of rotatable bonds is 7. The van der Waals surface area contributed by atoms with Crippen LogP contribution in [0.1, 0.15) is 17.0 Å². The number of nitrogens with two attached hydrogens (primary N) is 1. The summed E-state index contributed by atoms with van der Waals surface area (Å²) in [7, 11) is 0. The Morgan fingerprint density at radius 3 is 2.22 bits per heavy atom. The molecule has 0 fully saturated rings. The number of fused-ring (bicyclic) bond motifs is 3. The van der Waals surface area contributed by atoms with Crippen LogP contribution >= 0.6 is 0 Å². The molecule has 140 valence electrons. The van der Waals surface area contributed by atoms with Gasteiger partial charge in [0.15, 0.2) is 0 Å². The highest BCUT2D eigenvalue weighted by atomic mass is 16.6. The summed E-state index contributed by atoms with van der Waals surface area (Å²) in [4.78, 5) is 24.0. The lowest BCUT2D eigenvalue weighted by molar-refractivity contribution is -0.144. The SMILES string of the molecule is C=CCOC(=O)C(CN)NC(=O)OCC1c2ccccc2-c2ccccc21. The summed E-state index contributed by atoms with van der Waals surface area (Å²) in [6.45, 7) is 3.61. The Morgan fingerprint density at radius 1 is 1.07 bits per heavy atom. The van der Waals surface area contributed by atoms with Crippen LogP contribution in [0.2, 0.25) is 0 Å². The lowest BCUT2D eigenvalue weighted by Gasteiger charge is -2.17. The van der Waals surface area contributed by atoms with E-state index in [1.54, 1.807) is 0 Å². The monoisotopic (exact) mass is 366 g/mol. The maximum absolute atomic E-state index is 12.2. The number of alkyl carbamates (subject to hydrolysis) is 1. The third-order valence-electron chi connectivity index (χ3n) is 4.50. The molecule has 0 aromatic heterocycles. The Balaban J connectivity index is 1.65. The molecule has 0 bridgehead atoms. The van der Waals surface area contributed by atoms with Crippen LogP contribution in [0.15, 0.2) is 61.2 Å². The van der Waals surface area contributed by atoms with Crippen molar-refractivity contribution in [3.8, 4) is 11.1 Å². The number of carbonyl (C=O) groups excluding carboxylic acids is 2. The molecule has 2 aromatic rings. The van der Waals surface area contributed by atoms with Crippen molar-refractivity contribution in [2.45, 2.75) is 12.0 Å². The van der Waals surface area contributed by atoms with Crippen molar-refractivity contribution in [1.82, 2.24) is 5.32 Å². The van der Waals surface area contributed by atoms with Gasteiger partial charge in [0, 0.05) is 12.5 Å². The standard InChI is InChI=1S/C21H22N2O4/c1-2-11-26-20(24)19(12-22)23-21(25)27-13-18-16-9-5-3-7-14(16)15-8-4-6-10-17(15)18/h2-10,18-19H,1,11-13,22H2,(H,23,25). The van der Waals surface area contributed by atoms with Crippen LogP contribution in [0.25, 0.3) is 11.1 Å². The molecule has 27 heavy (non-hydrogen) atoms. The van der Waals surface area contributed by atoms with E-state index in [0.717, 1.165) is 22.3 Å². The Bertz CT molecular complexity index is 804. The summed E-state index contributed by atoms with van der Waals surface area (Å²) in [5.74, 6) is -0.668. The average Bonchev–Trinajstić information content (AvgIpc) is 3.02. The first-order valence-electron chi connectivity index (χ1n) is 8.74. The fraction of sp³-hybridized carbons (Fsp3) is 0.238. The zero-order valence-corrected chi connectivity index (χ0v) is 14.9. The second-order valence-electron chi connectivity index (χ2n) is 6.18. The molecular formula is C21H22N2O4. The van der Waals surface area contributed by atoms with E-state index < -0.39 is 18.1 Å². The summed E-state index contributed by atoms with van der Waals surface area (Å²) >= 11 is 0. The molecule has 2 aromatic carbocycles. The van der Waals surface area contributed by atoms with Gasteiger partial charge in [0.1, 0.15) is 19.3 Å². The predicted octanol–water partition coefficient (Wildman–Crippen LogP) is 2.58. The fourth-order valence-electron chi connectivity index (χ4n) is 3.24. The second kappa shape index (κ2) is 8.51. The van der Waals surface area contributed by atoms with Crippen molar-refractivity contribution in [3.05, 3.63) is 72.3 Å². The quantitative estimate of drug-likeness (QED) is 0.581. The van der Waals surface area contributed by atoms with Gasteiger partial charge in [-0.25, -0.2) is 9.59 Å². The number of hydrogen-bond donors (Lipinski definition) is 2. The number of nitrogens with one attached hydrogen (secondary N) is 1. The number of hydrogen-bond acceptors (Lipinski definition) is 5. The molecule has 0 saturated heterocycles. The average molecular weight is 366 g/mol. The Hall–Kier alpha value is -3.12. The van der Waals surface area contributed by atoms with Crippen molar-refractivity contribution in [2.75, 3.05) is 19.8 Å². The van der Waals surface area contributed by atoms with Crippen LogP contribution in [0.5, 0.6) is 0 Å². The highest BCUT2D eigenvalue weighted by molar-refractivity contribution is 5.82. The first kappa shape index (κ1) is 18.7. The number of amides is 1. The molecule has 1 atom stereocenters. The number of ether oxygens (including phenoxy) is 2. The van der Waals surface area contributed by atoms with E-state index in [1.165, 1.54) is 6.08 Å². The first-order chi connectivity index (χ1) is 13.2. The highest BCUT2D eigenvalue weighted by Crippen LogP contribution is 2.44. The van der Waals surface area contributed by atoms with Crippen LogP contribution < -0.4 is 11.1 Å². The van der Waals surface area contributed by atoms with Gasteiger partial charge < -0.3 is 20.5 Å². The van der Waals surface area contributed by atoms with Crippen LogP contribution in [-0.2, 0) is 14.3 Å². The Morgan fingerprint density at radius 2 is 1.67 bits per heavy atom. The van der Waals surface area contributed by atoms with Gasteiger partial charge in [-0.2, -0.15) is 0 Å². The molecule has 0 spiro atoms. The van der Waals surface area contributed by atoms with Crippen molar-refractivity contribution in [2.24, 2.45) is 5.73 Å². The Kier molecular flexibility index (Phi) is 5.88. The molecule has 6 heteroatoms. The summed E-state index contributed by atoms with van der Waals surface area (Å²) in [5.41, 5.74) is 10.1. The molecule has 3 rings (SSSR count). The largest absolute Gasteiger partial charge is 0.460 e. The number of esters is 1. The molecular weight excluding hydrogens is 344 g/mol. The molecule has 1 unspecified atom stereocenters. The Labute approximate surface area is 158 Å². The van der Waals surface area contributed by atoms with Crippen LogP contribution in [0.3, 0.4) is 0 Å². The molecule has 3 N–H and O–H groups in total. The number of benzene rings is 2. The van der Waals surface area contributed by atoms with Gasteiger partial charge in [0.05, 0.1) is 0 Å². The number of carbonyl (C=O) groups is 2. The van der Waals surface area contributed by atoms with Crippen LogP contribution in [-0.4, -0.2) is 37.9 Å². The molecule has 6 nitrogen and oxygen atoms in total. The third kappa shape index (κ3) is 4.01. The second-order valence-corrected chi connectivity index (χ2v) is 6.18. The molecule has 0 saturated carbocycles. The normalized spacial score (nSPS) is 13.2. The summed E-state index contributed by atoms with van der Waals surface area (Å²) in [5, 5.41) is 2.45. The van der Waals surface area contributed by atoms with Crippen LogP contribution in [0.4, 0.5) is 4.79 Å². The molecule has 0 heterocycles. The van der Waals surface area contributed by atoms with E-state index >= 15 is 0 Å². The third-order valence-corrected chi connectivity index (χ3v) is 4.50. The predicted molar refractivity (Wildman–Crippen MR) is 102 cm³/mol. The van der Waals surface area contributed by atoms with Gasteiger partial charge in [-0.05, 0) is 22.3 Å². The van der Waals surface area contributed by atoms with Gasteiger partial charge in [-0.15, -0.1) is 0 Å². The molecule has 0 radical (unpaired) electrons. The summed E-state index contributed by atoms with van der Waals surface area (Å²) in [6, 6.07) is 15.2. The molecule has 1 amide bonds. The van der Waals surface area contributed by atoms with E-state index in [9.17, 15) is 9.59 Å². The molecule has 1 aliphatic carbocycles. The molecule has 1 aliphatic rings. The van der Waals surface area contributed by atoms with Crippen molar-refractivity contribution in [3.63, 3.8) is 0 Å². The zero-order valence-electron chi connectivity index (χ0n) is 14.9.